The third-order valence-electron chi connectivity index (χ3n) is 1.20. The topological polar surface area (TPSA) is 113 Å². The lowest BCUT2D eigenvalue weighted by Crippen LogP contribution is -2.03. The molecule has 0 bridgehead atoms. The molecular formula is C12H24N2O3. The Balaban J connectivity index is 0. The normalized spacial score (nSPS) is 10.8. The highest BCUT2D eigenvalue weighted by atomic mass is 16.3. The molecule has 17 heavy (non-hydrogen) atoms. The van der Waals surface area contributed by atoms with E-state index in [1.54, 1.807) is 38.1 Å². The number of nitrogen functional groups attached to an aromatic ring is 2. The van der Waals surface area contributed by atoms with Crippen LogP contribution in [0.2, 0.25) is 0 Å². The van der Waals surface area contributed by atoms with Gasteiger partial charge >= 0.3 is 0 Å². The molecule has 1 atom stereocenters. The third-order valence-corrected chi connectivity index (χ3v) is 1.20. The maximum atomic E-state index is 8.11. The molecular weight excluding hydrogens is 220 g/mol. The van der Waals surface area contributed by atoms with Crippen molar-refractivity contribution in [1.82, 2.24) is 0 Å². The number of hydrogen-bond donors (Lipinski definition) is 5. The minimum absolute atomic E-state index is 0.139. The van der Waals surface area contributed by atoms with Crippen LogP contribution >= 0.6 is 0 Å². The van der Waals surface area contributed by atoms with Gasteiger partial charge in [-0.3, -0.25) is 0 Å². The number of benzene rings is 1. The molecule has 1 aromatic rings. The van der Waals surface area contributed by atoms with Crippen molar-refractivity contribution in [3.05, 3.63) is 24.3 Å². The van der Waals surface area contributed by atoms with Gasteiger partial charge in [0.1, 0.15) is 0 Å². The van der Waals surface area contributed by atoms with Crippen molar-refractivity contribution in [3.8, 4) is 0 Å². The van der Waals surface area contributed by atoms with E-state index in [9.17, 15) is 0 Å². The fourth-order valence-corrected chi connectivity index (χ4v) is 0.496. The Hall–Kier alpha value is -1.30. The second-order valence-electron chi connectivity index (χ2n) is 3.79. The molecule has 1 aromatic carbocycles. The minimum atomic E-state index is -0.560. The van der Waals surface area contributed by atoms with Gasteiger partial charge in [0.05, 0.1) is 12.7 Å². The van der Waals surface area contributed by atoms with Gasteiger partial charge in [-0.2, -0.15) is 0 Å². The maximum absolute atomic E-state index is 8.11. The van der Waals surface area contributed by atoms with Crippen molar-refractivity contribution in [1.29, 1.82) is 0 Å². The molecule has 0 aromatic heterocycles. The summed E-state index contributed by atoms with van der Waals surface area (Å²) >= 11 is 0. The van der Waals surface area contributed by atoms with Crippen molar-refractivity contribution < 1.29 is 15.3 Å². The highest BCUT2D eigenvalue weighted by molar-refractivity contribution is 5.47. The molecule has 0 aliphatic heterocycles. The summed E-state index contributed by atoms with van der Waals surface area (Å²) in [6, 6.07) is 7.09. The predicted octanol–water partition coefficient (Wildman–Crippen LogP) is 0.598. The van der Waals surface area contributed by atoms with Crippen LogP contribution in [0.5, 0.6) is 0 Å². The van der Waals surface area contributed by atoms with Crippen molar-refractivity contribution >= 4 is 11.4 Å². The smallest absolute Gasteiger partial charge is 0.0742 e. The summed E-state index contributed by atoms with van der Waals surface area (Å²) in [5.41, 5.74) is 12.2. The molecule has 1 unspecified atom stereocenters. The Morgan fingerprint density at radius 1 is 0.941 bits per heavy atom. The summed E-state index contributed by atoms with van der Waals surface area (Å²) in [4.78, 5) is 0. The van der Waals surface area contributed by atoms with Crippen LogP contribution in [0.3, 0.4) is 0 Å². The molecule has 0 amide bonds. The van der Waals surface area contributed by atoms with E-state index in [1.165, 1.54) is 6.92 Å². The molecule has 7 N–H and O–H groups in total. The molecule has 0 radical (unpaired) electrons. The SMILES string of the molecule is CC(C)O.CC(O)CO.Nc1ccc(N)cc1. The molecule has 0 spiro atoms. The van der Waals surface area contributed by atoms with Gasteiger partial charge in [-0.05, 0) is 45.0 Å². The van der Waals surface area contributed by atoms with Crippen LogP contribution in [0.25, 0.3) is 0 Å². The van der Waals surface area contributed by atoms with Gasteiger partial charge < -0.3 is 26.8 Å². The summed E-state index contributed by atoms with van der Waals surface area (Å²) < 4.78 is 0. The van der Waals surface area contributed by atoms with E-state index in [-0.39, 0.29) is 12.7 Å². The number of hydrogen-bond acceptors (Lipinski definition) is 5. The first-order chi connectivity index (χ1) is 7.79. The van der Waals surface area contributed by atoms with Gasteiger partial charge in [0.25, 0.3) is 0 Å². The van der Waals surface area contributed by atoms with E-state index in [2.05, 4.69) is 0 Å². The Morgan fingerprint density at radius 2 is 1.12 bits per heavy atom. The quantitative estimate of drug-likeness (QED) is 0.464. The molecule has 0 saturated carbocycles. The van der Waals surface area contributed by atoms with Crippen molar-refractivity contribution in [2.75, 3.05) is 18.1 Å². The zero-order valence-electron chi connectivity index (χ0n) is 10.7. The van der Waals surface area contributed by atoms with Crippen LogP contribution in [0.15, 0.2) is 24.3 Å². The Labute approximate surface area is 103 Å². The standard InChI is InChI=1S/C6H8N2.C3H8O2.C3H8O/c7-5-1-2-6(8)4-3-5;1-3(5)2-4;1-3(2)4/h1-4H,7-8H2;3-5H,2H2,1H3;3-4H,1-2H3. The zero-order valence-corrected chi connectivity index (χ0v) is 10.7. The zero-order chi connectivity index (χ0) is 13.8. The number of nitrogens with two attached hydrogens (primary N) is 2. The van der Waals surface area contributed by atoms with E-state index in [4.69, 9.17) is 26.8 Å². The molecule has 0 heterocycles. The van der Waals surface area contributed by atoms with Crippen molar-refractivity contribution in [3.63, 3.8) is 0 Å². The number of rotatable bonds is 1. The second kappa shape index (κ2) is 11.2. The predicted molar refractivity (Wildman–Crippen MR) is 71.4 cm³/mol. The van der Waals surface area contributed by atoms with Gasteiger partial charge in [0.2, 0.25) is 0 Å². The average molecular weight is 244 g/mol. The van der Waals surface area contributed by atoms with E-state index in [1.807, 2.05) is 0 Å². The maximum Gasteiger partial charge on any atom is 0.0742 e. The lowest BCUT2D eigenvalue weighted by Gasteiger charge is -1.90. The molecule has 5 nitrogen and oxygen atoms in total. The van der Waals surface area contributed by atoms with Crippen LogP contribution in [0.4, 0.5) is 11.4 Å². The number of aliphatic hydroxyl groups is 3. The van der Waals surface area contributed by atoms with E-state index in [0.29, 0.717) is 0 Å². The lowest BCUT2D eigenvalue weighted by molar-refractivity contribution is 0.110. The highest BCUT2D eigenvalue weighted by Crippen LogP contribution is 2.04. The van der Waals surface area contributed by atoms with E-state index >= 15 is 0 Å². The average Bonchev–Trinajstić information content (AvgIpc) is 2.22. The fourth-order valence-electron chi connectivity index (χ4n) is 0.496. The molecule has 0 aliphatic rings. The van der Waals surface area contributed by atoms with Crippen molar-refractivity contribution in [2.24, 2.45) is 0 Å². The van der Waals surface area contributed by atoms with Crippen LogP contribution in [-0.4, -0.2) is 34.1 Å². The summed E-state index contributed by atoms with van der Waals surface area (Å²) in [6.07, 6.45) is -0.727. The van der Waals surface area contributed by atoms with Crippen LogP contribution in [-0.2, 0) is 0 Å². The van der Waals surface area contributed by atoms with Crippen molar-refractivity contribution in [2.45, 2.75) is 33.0 Å². The molecule has 0 aliphatic carbocycles. The first kappa shape index (κ1) is 18.1. The molecule has 1 rings (SSSR count). The summed E-state index contributed by atoms with van der Waals surface area (Å²) in [5, 5.41) is 24.1. The third kappa shape index (κ3) is 20.7. The molecule has 100 valence electrons. The van der Waals surface area contributed by atoms with E-state index < -0.39 is 6.10 Å². The Morgan fingerprint density at radius 3 is 1.24 bits per heavy atom. The van der Waals surface area contributed by atoms with Crippen LogP contribution < -0.4 is 11.5 Å². The van der Waals surface area contributed by atoms with E-state index in [0.717, 1.165) is 11.4 Å². The van der Waals surface area contributed by atoms with Crippen LogP contribution in [0, 0.1) is 0 Å². The first-order valence-electron chi connectivity index (χ1n) is 5.37. The highest BCUT2D eigenvalue weighted by Gasteiger charge is 1.83. The lowest BCUT2D eigenvalue weighted by atomic mass is 10.3. The molecule has 5 heteroatoms. The Bertz CT molecular complexity index is 237. The molecule has 0 fully saturated rings. The van der Waals surface area contributed by atoms with Gasteiger partial charge in [0, 0.05) is 17.5 Å². The summed E-state index contributed by atoms with van der Waals surface area (Å²) in [7, 11) is 0. The fraction of sp³-hybridized carbons (Fsp3) is 0.500. The number of anilines is 2. The van der Waals surface area contributed by atoms with Gasteiger partial charge in [0.15, 0.2) is 0 Å². The van der Waals surface area contributed by atoms with Gasteiger partial charge in [-0.25, -0.2) is 0 Å². The minimum Gasteiger partial charge on any atom is -0.399 e. The van der Waals surface area contributed by atoms with Gasteiger partial charge in [-0.15, -0.1) is 0 Å². The first-order valence-corrected chi connectivity index (χ1v) is 5.37. The Kier molecular flexibility index (Phi) is 11.9. The second-order valence-corrected chi connectivity index (χ2v) is 3.79. The van der Waals surface area contributed by atoms with Crippen LogP contribution in [0.1, 0.15) is 20.8 Å². The van der Waals surface area contributed by atoms with Gasteiger partial charge in [-0.1, -0.05) is 0 Å². The molecule has 0 saturated heterocycles. The summed E-state index contributed by atoms with van der Waals surface area (Å²) in [6.45, 7) is 4.83. The summed E-state index contributed by atoms with van der Waals surface area (Å²) in [5.74, 6) is 0. The monoisotopic (exact) mass is 244 g/mol. The number of aliphatic hydroxyl groups excluding tert-OH is 3. The largest absolute Gasteiger partial charge is 0.399 e.